The predicted octanol–water partition coefficient (Wildman–Crippen LogP) is 6.28. The number of rotatable bonds is 1. The summed E-state index contributed by atoms with van der Waals surface area (Å²) in [5.74, 6) is 0. The van der Waals surface area contributed by atoms with Crippen molar-refractivity contribution in [2.24, 2.45) is 0 Å². The van der Waals surface area contributed by atoms with Gasteiger partial charge in [-0.2, -0.15) is 0 Å². The van der Waals surface area contributed by atoms with E-state index in [0.29, 0.717) is 0 Å². The minimum Gasteiger partial charge on any atom is -0.0616 e. The van der Waals surface area contributed by atoms with Crippen LogP contribution in [0.5, 0.6) is 0 Å². The van der Waals surface area contributed by atoms with E-state index in [2.05, 4.69) is 86.6 Å². The van der Waals surface area contributed by atoms with Crippen LogP contribution in [0.25, 0.3) is 32.7 Å². The summed E-state index contributed by atoms with van der Waals surface area (Å²) in [6, 6.07) is 26.4. The van der Waals surface area contributed by atoms with E-state index in [1.54, 1.807) is 0 Å². The van der Waals surface area contributed by atoms with Crippen LogP contribution in [0.2, 0.25) is 0 Å². The van der Waals surface area contributed by atoms with Crippen molar-refractivity contribution in [1.29, 1.82) is 0 Å². The number of hydrogen-bond donors (Lipinski definition) is 0. The molecule has 4 aromatic carbocycles. The standard InChI is InChI=1S/C22H18/c1-15-11-12-18(16(2)13-15)22-14-17-7-3-4-8-19(17)20-9-5-6-10-21(20)22/h3-14H,1-2H3. The number of benzene rings is 4. The fourth-order valence-electron chi connectivity index (χ4n) is 3.39. The third-order valence-electron chi connectivity index (χ3n) is 4.44. The number of fused-ring (bicyclic) bond motifs is 3. The second kappa shape index (κ2) is 4.99. The minimum absolute atomic E-state index is 1.30. The molecule has 0 atom stereocenters. The summed E-state index contributed by atoms with van der Waals surface area (Å²) in [5.41, 5.74) is 5.30. The van der Waals surface area contributed by atoms with Crippen molar-refractivity contribution in [1.82, 2.24) is 0 Å². The third kappa shape index (κ3) is 2.00. The second-order valence-electron chi connectivity index (χ2n) is 6.01. The molecule has 0 aliphatic carbocycles. The van der Waals surface area contributed by atoms with Crippen molar-refractivity contribution in [2.45, 2.75) is 13.8 Å². The molecule has 0 aliphatic rings. The predicted molar refractivity (Wildman–Crippen MR) is 96.4 cm³/mol. The molecule has 0 bridgehead atoms. The first kappa shape index (κ1) is 13.1. The van der Waals surface area contributed by atoms with Gasteiger partial charge in [-0.3, -0.25) is 0 Å². The summed E-state index contributed by atoms with van der Waals surface area (Å²) in [6.07, 6.45) is 0. The van der Waals surface area contributed by atoms with Gasteiger partial charge in [0.2, 0.25) is 0 Å². The average Bonchev–Trinajstić information content (AvgIpc) is 2.54. The highest BCUT2D eigenvalue weighted by Crippen LogP contribution is 2.36. The Morgan fingerprint density at radius 3 is 2.00 bits per heavy atom. The van der Waals surface area contributed by atoms with Crippen LogP contribution in [0.15, 0.2) is 72.8 Å². The van der Waals surface area contributed by atoms with Crippen molar-refractivity contribution in [3.8, 4) is 11.1 Å². The Kier molecular flexibility index (Phi) is 2.97. The van der Waals surface area contributed by atoms with E-state index in [-0.39, 0.29) is 0 Å². The van der Waals surface area contributed by atoms with Crippen molar-refractivity contribution in [2.75, 3.05) is 0 Å². The van der Waals surface area contributed by atoms with Crippen molar-refractivity contribution < 1.29 is 0 Å². The van der Waals surface area contributed by atoms with Crippen LogP contribution in [-0.4, -0.2) is 0 Å². The van der Waals surface area contributed by atoms with E-state index in [4.69, 9.17) is 0 Å². The summed E-state index contributed by atoms with van der Waals surface area (Å²) in [5, 5.41) is 5.28. The highest BCUT2D eigenvalue weighted by atomic mass is 14.1. The van der Waals surface area contributed by atoms with Gasteiger partial charge in [0, 0.05) is 0 Å². The molecule has 0 saturated carbocycles. The lowest BCUT2D eigenvalue weighted by Gasteiger charge is -2.13. The van der Waals surface area contributed by atoms with Gasteiger partial charge in [-0.05, 0) is 58.1 Å². The Hall–Kier alpha value is -2.60. The lowest BCUT2D eigenvalue weighted by atomic mass is 9.91. The first-order chi connectivity index (χ1) is 10.7. The molecule has 0 N–H and O–H groups in total. The monoisotopic (exact) mass is 282 g/mol. The maximum atomic E-state index is 2.33. The molecule has 4 rings (SSSR count). The Bertz CT molecular complexity index is 993. The average molecular weight is 282 g/mol. The lowest BCUT2D eigenvalue weighted by Crippen LogP contribution is -1.88. The fraction of sp³-hybridized carbons (Fsp3) is 0.0909. The summed E-state index contributed by atoms with van der Waals surface area (Å²) >= 11 is 0. The fourth-order valence-corrected chi connectivity index (χ4v) is 3.39. The van der Waals surface area contributed by atoms with E-state index in [1.165, 1.54) is 43.8 Å². The van der Waals surface area contributed by atoms with E-state index in [9.17, 15) is 0 Å². The van der Waals surface area contributed by atoms with Crippen molar-refractivity contribution in [3.63, 3.8) is 0 Å². The molecule has 0 heteroatoms. The topological polar surface area (TPSA) is 0 Å². The van der Waals surface area contributed by atoms with Gasteiger partial charge in [0.05, 0.1) is 0 Å². The van der Waals surface area contributed by atoms with E-state index < -0.39 is 0 Å². The quantitative estimate of drug-likeness (QED) is 0.360. The zero-order chi connectivity index (χ0) is 15.1. The summed E-state index contributed by atoms with van der Waals surface area (Å²) in [7, 11) is 0. The zero-order valence-electron chi connectivity index (χ0n) is 12.9. The Morgan fingerprint density at radius 1 is 0.545 bits per heavy atom. The molecule has 106 valence electrons. The zero-order valence-corrected chi connectivity index (χ0v) is 12.9. The van der Waals surface area contributed by atoms with Crippen LogP contribution in [0, 0.1) is 13.8 Å². The maximum absolute atomic E-state index is 2.33. The molecule has 0 spiro atoms. The van der Waals surface area contributed by atoms with Gasteiger partial charge < -0.3 is 0 Å². The van der Waals surface area contributed by atoms with Gasteiger partial charge in [-0.25, -0.2) is 0 Å². The third-order valence-corrected chi connectivity index (χ3v) is 4.44. The Labute approximate surface area is 131 Å². The van der Waals surface area contributed by atoms with E-state index >= 15 is 0 Å². The van der Waals surface area contributed by atoms with E-state index in [0.717, 1.165) is 0 Å². The SMILES string of the molecule is Cc1ccc(-c2cc3ccccc3c3ccccc23)c(C)c1. The smallest absolute Gasteiger partial charge is 0.00964 e. The molecule has 22 heavy (non-hydrogen) atoms. The molecule has 0 amide bonds. The molecule has 0 nitrogen and oxygen atoms in total. The van der Waals surface area contributed by atoms with Crippen molar-refractivity contribution >= 4 is 21.5 Å². The molecular weight excluding hydrogens is 264 g/mol. The molecular formula is C22H18. The summed E-state index contributed by atoms with van der Waals surface area (Å²) < 4.78 is 0. The summed E-state index contributed by atoms with van der Waals surface area (Å²) in [4.78, 5) is 0. The van der Waals surface area contributed by atoms with Crippen LogP contribution in [0.1, 0.15) is 11.1 Å². The Morgan fingerprint density at radius 2 is 1.23 bits per heavy atom. The molecule has 0 aromatic heterocycles. The van der Waals surface area contributed by atoms with Gasteiger partial charge in [0.15, 0.2) is 0 Å². The maximum Gasteiger partial charge on any atom is -0.00964 e. The largest absolute Gasteiger partial charge is 0.0616 e. The Balaban J connectivity index is 2.16. The highest BCUT2D eigenvalue weighted by molar-refractivity contribution is 6.13. The first-order valence-corrected chi connectivity index (χ1v) is 7.72. The second-order valence-corrected chi connectivity index (χ2v) is 6.01. The molecule has 4 aromatic rings. The minimum atomic E-state index is 1.30. The first-order valence-electron chi connectivity index (χ1n) is 7.72. The van der Waals surface area contributed by atoms with E-state index in [1.807, 2.05) is 0 Å². The van der Waals surface area contributed by atoms with Crippen molar-refractivity contribution in [3.05, 3.63) is 83.9 Å². The normalized spacial score (nSPS) is 11.2. The van der Waals surface area contributed by atoms with Crippen LogP contribution >= 0.6 is 0 Å². The highest BCUT2D eigenvalue weighted by Gasteiger charge is 2.09. The van der Waals surface area contributed by atoms with Gasteiger partial charge in [-0.15, -0.1) is 0 Å². The molecule has 0 radical (unpaired) electrons. The van der Waals surface area contributed by atoms with Crippen LogP contribution in [-0.2, 0) is 0 Å². The number of aryl methyl sites for hydroxylation is 2. The van der Waals surface area contributed by atoms with Crippen LogP contribution in [0.3, 0.4) is 0 Å². The van der Waals surface area contributed by atoms with Crippen LogP contribution < -0.4 is 0 Å². The molecule has 0 heterocycles. The lowest BCUT2D eigenvalue weighted by molar-refractivity contribution is 1.39. The van der Waals surface area contributed by atoms with Gasteiger partial charge >= 0.3 is 0 Å². The molecule has 0 fully saturated rings. The summed E-state index contributed by atoms with van der Waals surface area (Å²) in [6.45, 7) is 4.35. The molecule has 0 unspecified atom stereocenters. The van der Waals surface area contributed by atoms with Gasteiger partial charge in [-0.1, -0.05) is 72.3 Å². The van der Waals surface area contributed by atoms with Gasteiger partial charge in [0.25, 0.3) is 0 Å². The molecule has 0 saturated heterocycles. The molecule has 0 aliphatic heterocycles. The van der Waals surface area contributed by atoms with Gasteiger partial charge in [0.1, 0.15) is 0 Å². The number of hydrogen-bond acceptors (Lipinski definition) is 0. The van der Waals surface area contributed by atoms with Crippen LogP contribution in [0.4, 0.5) is 0 Å².